The average molecular weight is 326 g/mol. The van der Waals surface area contributed by atoms with Crippen LogP contribution in [0.5, 0.6) is 5.75 Å². The van der Waals surface area contributed by atoms with Gasteiger partial charge in [-0.3, -0.25) is 15.0 Å². The molecule has 1 aromatic carbocycles. The number of nitrogens with zero attached hydrogens (tertiary/aromatic N) is 2. The van der Waals surface area contributed by atoms with Crippen molar-refractivity contribution in [2.24, 2.45) is 0 Å². The topological polar surface area (TPSA) is 78.6 Å². The van der Waals surface area contributed by atoms with E-state index >= 15 is 0 Å². The van der Waals surface area contributed by atoms with E-state index in [1.54, 1.807) is 6.08 Å². The number of hydrogen-bond donors (Lipinski definition) is 2. The maximum atomic E-state index is 11.3. The van der Waals surface area contributed by atoms with Crippen LogP contribution in [0.3, 0.4) is 0 Å². The summed E-state index contributed by atoms with van der Waals surface area (Å²) in [4.78, 5) is 13.0. The molecule has 0 amide bonds. The standard InChI is InChI=1S/C15H20ClN3O3/c1-2-3-4-12(18-9-7-17-8-10-18)14-13(19(21)22)6-5-11(16)15(14)20/h2,5-6,12,17,20H,1,3-4,7-10H2/t12-/m0/s1. The third-order valence-electron chi connectivity index (χ3n) is 3.91. The van der Waals surface area contributed by atoms with Crippen LogP contribution < -0.4 is 5.32 Å². The molecule has 1 aromatic rings. The van der Waals surface area contributed by atoms with E-state index < -0.39 is 4.92 Å². The maximum Gasteiger partial charge on any atom is 0.278 e. The number of nitro groups is 1. The van der Waals surface area contributed by atoms with Crippen molar-refractivity contribution in [3.05, 3.63) is 45.5 Å². The average Bonchev–Trinajstić information content (AvgIpc) is 2.52. The Morgan fingerprint density at radius 1 is 1.50 bits per heavy atom. The van der Waals surface area contributed by atoms with Gasteiger partial charge in [-0.2, -0.15) is 0 Å². The summed E-state index contributed by atoms with van der Waals surface area (Å²) in [6.07, 6.45) is 3.14. The molecule has 1 fully saturated rings. The van der Waals surface area contributed by atoms with Gasteiger partial charge in [0.25, 0.3) is 5.69 Å². The SMILES string of the molecule is C=CCC[C@@H](c1c([N+](=O)[O-])ccc(Cl)c1O)N1CCNCC1. The number of phenols is 1. The van der Waals surface area contributed by atoms with Gasteiger partial charge >= 0.3 is 0 Å². The zero-order valence-electron chi connectivity index (χ0n) is 12.3. The third-order valence-corrected chi connectivity index (χ3v) is 4.22. The van der Waals surface area contributed by atoms with Crippen molar-refractivity contribution in [1.82, 2.24) is 10.2 Å². The second-order valence-corrected chi connectivity index (χ2v) is 5.66. The van der Waals surface area contributed by atoms with E-state index in [1.807, 2.05) is 0 Å². The molecule has 1 saturated heterocycles. The molecule has 22 heavy (non-hydrogen) atoms. The number of nitro benzene ring substituents is 1. The van der Waals surface area contributed by atoms with Crippen molar-refractivity contribution in [2.45, 2.75) is 18.9 Å². The van der Waals surface area contributed by atoms with Crippen molar-refractivity contribution in [3.8, 4) is 5.75 Å². The second-order valence-electron chi connectivity index (χ2n) is 5.25. The minimum Gasteiger partial charge on any atom is -0.506 e. The van der Waals surface area contributed by atoms with Crippen LogP contribution in [0.25, 0.3) is 0 Å². The van der Waals surface area contributed by atoms with E-state index in [-0.39, 0.29) is 22.5 Å². The molecule has 0 aliphatic carbocycles. The highest BCUT2D eigenvalue weighted by molar-refractivity contribution is 6.32. The van der Waals surface area contributed by atoms with E-state index in [1.165, 1.54) is 12.1 Å². The highest BCUT2D eigenvalue weighted by Crippen LogP contribution is 2.42. The van der Waals surface area contributed by atoms with Gasteiger partial charge in [-0.15, -0.1) is 6.58 Å². The van der Waals surface area contributed by atoms with Crippen LogP contribution in [0.1, 0.15) is 24.4 Å². The Morgan fingerprint density at radius 3 is 2.77 bits per heavy atom. The van der Waals surface area contributed by atoms with E-state index in [0.717, 1.165) is 26.2 Å². The normalized spacial score (nSPS) is 17.1. The van der Waals surface area contributed by atoms with Gasteiger partial charge in [0.05, 0.1) is 15.5 Å². The number of rotatable bonds is 6. The van der Waals surface area contributed by atoms with Crippen molar-refractivity contribution >= 4 is 17.3 Å². The minimum absolute atomic E-state index is 0.0884. The molecular weight excluding hydrogens is 306 g/mol. The Kier molecular flexibility index (Phi) is 5.76. The van der Waals surface area contributed by atoms with Crippen molar-refractivity contribution < 1.29 is 10.0 Å². The van der Waals surface area contributed by atoms with Gasteiger partial charge in [0, 0.05) is 38.3 Å². The molecule has 0 unspecified atom stereocenters. The largest absolute Gasteiger partial charge is 0.506 e. The number of allylic oxidation sites excluding steroid dienone is 1. The molecule has 0 bridgehead atoms. The van der Waals surface area contributed by atoms with Crippen LogP contribution in [0.15, 0.2) is 24.8 Å². The lowest BCUT2D eigenvalue weighted by molar-refractivity contribution is -0.386. The summed E-state index contributed by atoms with van der Waals surface area (Å²) in [5, 5.41) is 25.1. The first-order valence-corrected chi connectivity index (χ1v) is 7.65. The fourth-order valence-electron chi connectivity index (χ4n) is 2.84. The molecule has 0 spiro atoms. The van der Waals surface area contributed by atoms with Gasteiger partial charge in [-0.1, -0.05) is 17.7 Å². The summed E-state index contributed by atoms with van der Waals surface area (Å²) in [5.74, 6) is -0.191. The molecule has 1 aliphatic heterocycles. The van der Waals surface area contributed by atoms with Gasteiger partial charge < -0.3 is 10.4 Å². The summed E-state index contributed by atoms with van der Waals surface area (Å²) in [7, 11) is 0. The monoisotopic (exact) mass is 325 g/mol. The van der Waals surface area contributed by atoms with Crippen LogP contribution in [0, 0.1) is 10.1 Å². The summed E-state index contributed by atoms with van der Waals surface area (Å²) in [5.41, 5.74) is 0.218. The molecule has 120 valence electrons. The number of piperazine rings is 1. The van der Waals surface area contributed by atoms with Gasteiger partial charge in [-0.05, 0) is 18.9 Å². The number of nitrogens with one attached hydrogen (secondary N) is 1. The lowest BCUT2D eigenvalue weighted by Gasteiger charge is -2.35. The molecule has 7 heteroatoms. The first kappa shape index (κ1) is 16.7. The first-order chi connectivity index (χ1) is 10.6. The number of halogens is 1. The molecular formula is C15H20ClN3O3. The maximum absolute atomic E-state index is 11.3. The fraction of sp³-hybridized carbons (Fsp3) is 0.467. The summed E-state index contributed by atoms with van der Waals surface area (Å²) in [6, 6.07) is 2.47. The number of hydrogen-bond acceptors (Lipinski definition) is 5. The van der Waals surface area contributed by atoms with E-state index in [9.17, 15) is 15.2 Å². The van der Waals surface area contributed by atoms with Crippen LogP contribution in [-0.4, -0.2) is 41.1 Å². The summed E-state index contributed by atoms with van der Waals surface area (Å²) in [6.45, 7) is 6.89. The van der Waals surface area contributed by atoms with E-state index in [2.05, 4.69) is 16.8 Å². The zero-order chi connectivity index (χ0) is 16.1. The van der Waals surface area contributed by atoms with Crippen LogP contribution in [0.2, 0.25) is 5.02 Å². The number of aromatic hydroxyl groups is 1. The molecule has 2 rings (SSSR count). The van der Waals surface area contributed by atoms with Crippen molar-refractivity contribution in [1.29, 1.82) is 0 Å². The molecule has 0 radical (unpaired) electrons. The molecule has 0 saturated carbocycles. The van der Waals surface area contributed by atoms with Crippen LogP contribution >= 0.6 is 11.6 Å². The smallest absolute Gasteiger partial charge is 0.278 e. The van der Waals surface area contributed by atoms with Crippen LogP contribution in [-0.2, 0) is 0 Å². The van der Waals surface area contributed by atoms with Gasteiger partial charge in [0.1, 0.15) is 5.75 Å². The van der Waals surface area contributed by atoms with E-state index in [0.29, 0.717) is 18.4 Å². The Morgan fingerprint density at radius 2 is 2.18 bits per heavy atom. The first-order valence-electron chi connectivity index (χ1n) is 7.27. The van der Waals surface area contributed by atoms with Crippen LogP contribution in [0.4, 0.5) is 5.69 Å². The third kappa shape index (κ3) is 3.58. The highest BCUT2D eigenvalue weighted by Gasteiger charge is 2.31. The molecule has 6 nitrogen and oxygen atoms in total. The Hall–Kier alpha value is -1.63. The Balaban J connectivity index is 2.47. The van der Waals surface area contributed by atoms with Gasteiger partial charge in [0.15, 0.2) is 0 Å². The summed E-state index contributed by atoms with van der Waals surface area (Å²) >= 11 is 5.98. The predicted molar refractivity (Wildman–Crippen MR) is 86.4 cm³/mol. The van der Waals surface area contributed by atoms with E-state index in [4.69, 9.17) is 11.6 Å². The molecule has 2 N–H and O–H groups in total. The van der Waals surface area contributed by atoms with Gasteiger partial charge in [0.2, 0.25) is 0 Å². The summed E-state index contributed by atoms with van der Waals surface area (Å²) < 4.78 is 0. The number of benzene rings is 1. The van der Waals surface area contributed by atoms with Crippen molar-refractivity contribution in [2.75, 3.05) is 26.2 Å². The van der Waals surface area contributed by atoms with Crippen molar-refractivity contribution in [3.63, 3.8) is 0 Å². The number of phenolic OH excluding ortho intramolecular Hbond substituents is 1. The zero-order valence-corrected chi connectivity index (χ0v) is 13.1. The minimum atomic E-state index is -0.464. The molecule has 1 aliphatic rings. The lowest BCUT2D eigenvalue weighted by atomic mass is 9.96. The quantitative estimate of drug-likeness (QED) is 0.477. The molecule has 1 atom stereocenters. The molecule has 0 aromatic heterocycles. The lowest BCUT2D eigenvalue weighted by Crippen LogP contribution is -2.45. The second kappa shape index (κ2) is 7.58. The Bertz CT molecular complexity index is 559. The fourth-order valence-corrected chi connectivity index (χ4v) is 3.00. The predicted octanol–water partition coefficient (Wildman–Crippen LogP) is 2.87. The molecule has 1 heterocycles. The highest BCUT2D eigenvalue weighted by atomic mass is 35.5. The van der Waals surface area contributed by atoms with Gasteiger partial charge in [-0.25, -0.2) is 0 Å². The Labute approximate surface area is 134 Å².